The Morgan fingerprint density at radius 1 is 1.10 bits per heavy atom. The van der Waals surface area contributed by atoms with E-state index in [-0.39, 0.29) is 17.9 Å². The van der Waals surface area contributed by atoms with Crippen LogP contribution in [-0.4, -0.2) is 7.11 Å². The first kappa shape index (κ1) is 14.4. The summed E-state index contributed by atoms with van der Waals surface area (Å²) in [5, 5.41) is 17.9. The van der Waals surface area contributed by atoms with Gasteiger partial charge in [0.05, 0.1) is 12.7 Å². The number of ether oxygens (including phenoxy) is 2. The standard InChI is InChI=1S/C16H11FN2O2/c1-20-15-6-5-11(7-12(15)8-18)10-21-16-4-2-3-14(17)13(16)9-19/h2-7H,10H2,1H3. The maximum atomic E-state index is 13.4. The van der Waals surface area contributed by atoms with E-state index in [9.17, 15) is 4.39 Å². The number of halogens is 1. The summed E-state index contributed by atoms with van der Waals surface area (Å²) in [7, 11) is 1.48. The van der Waals surface area contributed by atoms with Crippen LogP contribution in [0.2, 0.25) is 0 Å². The number of nitrogens with zero attached hydrogens (tertiary/aromatic N) is 2. The normalized spacial score (nSPS) is 9.52. The summed E-state index contributed by atoms with van der Waals surface area (Å²) < 4.78 is 23.9. The fraction of sp³-hybridized carbons (Fsp3) is 0.125. The van der Waals surface area contributed by atoms with Crippen molar-refractivity contribution in [2.24, 2.45) is 0 Å². The highest BCUT2D eigenvalue weighted by Gasteiger charge is 2.10. The maximum Gasteiger partial charge on any atom is 0.144 e. The summed E-state index contributed by atoms with van der Waals surface area (Å²) in [6.07, 6.45) is 0. The lowest BCUT2D eigenvalue weighted by Gasteiger charge is -2.09. The lowest BCUT2D eigenvalue weighted by molar-refractivity contribution is 0.303. The highest BCUT2D eigenvalue weighted by atomic mass is 19.1. The predicted molar refractivity (Wildman–Crippen MR) is 73.2 cm³/mol. The zero-order chi connectivity index (χ0) is 15.2. The molecule has 21 heavy (non-hydrogen) atoms. The second-order valence-electron chi connectivity index (χ2n) is 4.16. The third kappa shape index (κ3) is 3.10. The zero-order valence-electron chi connectivity index (χ0n) is 11.3. The van der Waals surface area contributed by atoms with Crippen molar-refractivity contribution in [2.75, 3.05) is 7.11 Å². The van der Waals surface area contributed by atoms with E-state index < -0.39 is 5.82 Å². The van der Waals surface area contributed by atoms with Gasteiger partial charge in [0.1, 0.15) is 41.6 Å². The van der Waals surface area contributed by atoms with E-state index in [1.54, 1.807) is 24.3 Å². The molecule has 0 unspecified atom stereocenters. The smallest absolute Gasteiger partial charge is 0.144 e. The van der Waals surface area contributed by atoms with Crippen LogP contribution in [0.5, 0.6) is 11.5 Å². The van der Waals surface area contributed by atoms with Gasteiger partial charge >= 0.3 is 0 Å². The van der Waals surface area contributed by atoms with Crippen LogP contribution in [0.3, 0.4) is 0 Å². The molecule has 0 amide bonds. The first-order valence-electron chi connectivity index (χ1n) is 6.08. The van der Waals surface area contributed by atoms with Crippen molar-refractivity contribution in [3.63, 3.8) is 0 Å². The average Bonchev–Trinajstić information content (AvgIpc) is 2.52. The van der Waals surface area contributed by atoms with Crippen molar-refractivity contribution in [2.45, 2.75) is 6.61 Å². The Morgan fingerprint density at radius 2 is 1.90 bits per heavy atom. The van der Waals surface area contributed by atoms with Gasteiger partial charge in [0.2, 0.25) is 0 Å². The minimum Gasteiger partial charge on any atom is -0.495 e. The monoisotopic (exact) mass is 282 g/mol. The van der Waals surface area contributed by atoms with Crippen LogP contribution in [-0.2, 0) is 6.61 Å². The molecule has 0 saturated carbocycles. The zero-order valence-corrected chi connectivity index (χ0v) is 11.3. The van der Waals surface area contributed by atoms with E-state index in [2.05, 4.69) is 0 Å². The molecule has 104 valence electrons. The molecule has 2 rings (SSSR count). The van der Waals surface area contributed by atoms with Crippen LogP contribution >= 0.6 is 0 Å². The molecule has 0 atom stereocenters. The number of nitriles is 2. The third-order valence-electron chi connectivity index (χ3n) is 2.87. The first-order valence-corrected chi connectivity index (χ1v) is 6.08. The second-order valence-corrected chi connectivity index (χ2v) is 4.16. The SMILES string of the molecule is COc1ccc(COc2cccc(F)c2C#N)cc1C#N. The van der Waals surface area contributed by atoms with Gasteiger partial charge in [-0.15, -0.1) is 0 Å². The molecule has 0 saturated heterocycles. The first-order chi connectivity index (χ1) is 10.2. The summed E-state index contributed by atoms with van der Waals surface area (Å²) in [5.74, 6) is 0.0268. The van der Waals surface area contributed by atoms with Gasteiger partial charge in [-0.05, 0) is 29.8 Å². The molecular formula is C16H11FN2O2. The fourth-order valence-electron chi connectivity index (χ4n) is 1.83. The quantitative estimate of drug-likeness (QED) is 0.864. The highest BCUT2D eigenvalue weighted by Crippen LogP contribution is 2.23. The Kier molecular flexibility index (Phi) is 4.38. The average molecular weight is 282 g/mol. The molecule has 0 aliphatic heterocycles. The van der Waals surface area contributed by atoms with E-state index in [1.807, 2.05) is 6.07 Å². The maximum absolute atomic E-state index is 13.4. The fourth-order valence-corrected chi connectivity index (χ4v) is 1.83. The van der Waals surface area contributed by atoms with Gasteiger partial charge in [0.25, 0.3) is 0 Å². The number of hydrogen-bond acceptors (Lipinski definition) is 4. The number of methoxy groups -OCH3 is 1. The van der Waals surface area contributed by atoms with E-state index >= 15 is 0 Å². The minimum absolute atomic E-state index is 0.122. The van der Waals surface area contributed by atoms with Crippen LogP contribution in [0.1, 0.15) is 16.7 Å². The van der Waals surface area contributed by atoms with Gasteiger partial charge in [0.15, 0.2) is 0 Å². The van der Waals surface area contributed by atoms with Gasteiger partial charge in [-0.1, -0.05) is 12.1 Å². The van der Waals surface area contributed by atoms with Crippen molar-refractivity contribution in [1.82, 2.24) is 0 Å². The molecule has 0 aliphatic rings. The van der Waals surface area contributed by atoms with Gasteiger partial charge in [-0.2, -0.15) is 10.5 Å². The number of rotatable bonds is 4. The summed E-state index contributed by atoms with van der Waals surface area (Å²) in [5.41, 5.74) is 0.977. The van der Waals surface area contributed by atoms with E-state index in [0.29, 0.717) is 11.3 Å². The van der Waals surface area contributed by atoms with Crippen LogP contribution in [0.15, 0.2) is 36.4 Å². The van der Waals surface area contributed by atoms with Crippen LogP contribution in [0.4, 0.5) is 4.39 Å². The van der Waals surface area contributed by atoms with Gasteiger partial charge in [-0.3, -0.25) is 0 Å². The van der Waals surface area contributed by atoms with Crippen LogP contribution in [0.25, 0.3) is 0 Å². The highest BCUT2D eigenvalue weighted by molar-refractivity contribution is 5.46. The molecule has 2 aromatic rings. The summed E-state index contributed by atoms with van der Waals surface area (Å²) in [6, 6.07) is 13.0. The Labute approximate surface area is 121 Å². The van der Waals surface area contributed by atoms with Gasteiger partial charge in [0, 0.05) is 0 Å². The summed E-state index contributed by atoms with van der Waals surface area (Å²) in [6.45, 7) is 0.122. The van der Waals surface area contributed by atoms with E-state index in [4.69, 9.17) is 20.0 Å². The van der Waals surface area contributed by atoms with Crippen molar-refractivity contribution in [1.29, 1.82) is 10.5 Å². The molecule has 0 fully saturated rings. The largest absolute Gasteiger partial charge is 0.495 e. The van der Waals surface area contributed by atoms with Gasteiger partial charge < -0.3 is 9.47 Å². The van der Waals surface area contributed by atoms with Crippen molar-refractivity contribution in [3.8, 4) is 23.6 Å². The summed E-state index contributed by atoms with van der Waals surface area (Å²) >= 11 is 0. The van der Waals surface area contributed by atoms with Crippen molar-refractivity contribution in [3.05, 3.63) is 58.9 Å². The van der Waals surface area contributed by atoms with Crippen LogP contribution in [0, 0.1) is 28.5 Å². The molecule has 0 spiro atoms. The van der Waals surface area contributed by atoms with Crippen molar-refractivity contribution < 1.29 is 13.9 Å². The van der Waals surface area contributed by atoms with Crippen LogP contribution < -0.4 is 9.47 Å². The van der Waals surface area contributed by atoms with E-state index in [1.165, 1.54) is 25.3 Å². The second kappa shape index (κ2) is 6.40. The topological polar surface area (TPSA) is 66.0 Å². The molecule has 0 aromatic heterocycles. The predicted octanol–water partition coefficient (Wildman–Crippen LogP) is 3.16. The van der Waals surface area contributed by atoms with Gasteiger partial charge in [-0.25, -0.2) is 4.39 Å². The molecule has 0 heterocycles. The molecule has 5 heteroatoms. The Bertz CT molecular complexity index is 745. The number of hydrogen-bond donors (Lipinski definition) is 0. The number of benzene rings is 2. The summed E-state index contributed by atoms with van der Waals surface area (Å²) in [4.78, 5) is 0. The molecule has 0 N–H and O–H groups in total. The third-order valence-corrected chi connectivity index (χ3v) is 2.87. The lowest BCUT2D eigenvalue weighted by atomic mass is 10.1. The van der Waals surface area contributed by atoms with Crippen molar-refractivity contribution >= 4 is 0 Å². The Morgan fingerprint density at radius 3 is 2.57 bits per heavy atom. The molecule has 2 aromatic carbocycles. The Hall–Kier alpha value is -3.05. The molecule has 0 bridgehead atoms. The van der Waals surface area contributed by atoms with E-state index in [0.717, 1.165) is 5.56 Å². The molecule has 4 nitrogen and oxygen atoms in total. The minimum atomic E-state index is -0.623. The molecule has 0 aliphatic carbocycles. The molecule has 0 radical (unpaired) electrons. The molecular weight excluding hydrogens is 271 g/mol. The Balaban J connectivity index is 2.20. The lowest BCUT2D eigenvalue weighted by Crippen LogP contribution is -2.00.